The van der Waals surface area contributed by atoms with Gasteiger partial charge in [-0.05, 0) is 99.3 Å². The second-order valence-electron chi connectivity index (χ2n) is 10.5. The summed E-state index contributed by atoms with van der Waals surface area (Å²) in [6.07, 6.45) is 5.20. The van der Waals surface area contributed by atoms with E-state index in [-0.39, 0.29) is 12.0 Å². The predicted molar refractivity (Wildman–Crippen MR) is 187 cm³/mol. The van der Waals surface area contributed by atoms with Gasteiger partial charge in [-0.2, -0.15) is 9.55 Å². The van der Waals surface area contributed by atoms with Crippen LogP contribution in [0.2, 0.25) is 0 Å². The minimum absolute atomic E-state index is 0.172. The Morgan fingerprint density at radius 1 is 0.957 bits per heavy atom. The molecule has 5 aromatic rings. The highest BCUT2D eigenvalue weighted by molar-refractivity contribution is 8.10. The second kappa shape index (κ2) is 14.9. The van der Waals surface area contributed by atoms with Crippen molar-refractivity contribution < 1.29 is 18.8 Å². The van der Waals surface area contributed by atoms with Crippen molar-refractivity contribution >= 4 is 65.1 Å². The van der Waals surface area contributed by atoms with E-state index in [0.717, 1.165) is 20.9 Å². The lowest BCUT2D eigenvalue weighted by molar-refractivity contribution is -0.148. The van der Waals surface area contributed by atoms with Gasteiger partial charge >= 0.3 is 5.97 Å². The lowest BCUT2D eigenvalue weighted by Gasteiger charge is -2.27. The molecule has 2 aromatic heterocycles. The van der Waals surface area contributed by atoms with E-state index in [1.165, 1.54) is 11.8 Å². The molecule has 0 radical (unpaired) electrons. The second-order valence-corrected chi connectivity index (χ2v) is 14.9. The molecule has 46 heavy (non-hydrogen) atoms. The SMILES string of the molecule is CNC(=O)c1ccccc1Sc1ccc2c(/C=C/c3ccccn3)nn(P(=S)(N[C@@H](C)C(=O)OC(C)C)Oc3ccccc3)c2c1. The van der Waals surface area contributed by atoms with E-state index in [1.807, 2.05) is 97.1 Å². The monoisotopic (exact) mass is 671 g/mol. The van der Waals surface area contributed by atoms with Gasteiger partial charge in [-0.15, -0.1) is 0 Å². The molecular formula is C34H34N5O4PS2. The van der Waals surface area contributed by atoms with Crippen LogP contribution >= 0.6 is 18.3 Å². The predicted octanol–water partition coefficient (Wildman–Crippen LogP) is 7.19. The first-order valence-corrected chi connectivity index (χ1v) is 18.1. The van der Waals surface area contributed by atoms with Crippen molar-refractivity contribution in [3.63, 3.8) is 0 Å². The summed E-state index contributed by atoms with van der Waals surface area (Å²) in [4.78, 5) is 31.6. The third kappa shape index (κ3) is 7.92. The van der Waals surface area contributed by atoms with Crippen molar-refractivity contribution in [1.82, 2.24) is 24.9 Å². The largest absolute Gasteiger partial charge is 0.462 e. The third-order valence-electron chi connectivity index (χ3n) is 6.63. The van der Waals surface area contributed by atoms with Crippen molar-refractivity contribution in [3.05, 3.63) is 114 Å². The van der Waals surface area contributed by atoms with Crippen LogP contribution in [0.15, 0.2) is 107 Å². The zero-order chi connectivity index (χ0) is 32.7. The number of rotatable bonds is 12. The van der Waals surface area contributed by atoms with Gasteiger partial charge in [0.15, 0.2) is 0 Å². The van der Waals surface area contributed by atoms with E-state index in [0.29, 0.717) is 22.5 Å². The first-order valence-electron chi connectivity index (χ1n) is 14.6. The number of nitrogens with one attached hydrogen (secondary N) is 2. The van der Waals surface area contributed by atoms with Crippen LogP contribution in [0.3, 0.4) is 0 Å². The van der Waals surface area contributed by atoms with Gasteiger partial charge in [0.2, 0.25) is 0 Å². The van der Waals surface area contributed by atoms with Crippen LogP contribution in [0, 0.1) is 0 Å². The Morgan fingerprint density at radius 3 is 2.41 bits per heavy atom. The molecule has 0 aliphatic carbocycles. The zero-order valence-corrected chi connectivity index (χ0v) is 28.3. The molecule has 1 unspecified atom stereocenters. The fraction of sp³-hybridized carbons (Fsp3) is 0.176. The molecule has 9 nitrogen and oxygen atoms in total. The van der Waals surface area contributed by atoms with Crippen LogP contribution in [-0.2, 0) is 21.3 Å². The summed E-state index contributed by atoms with van der Waals surface area (Å²) in [5, 5.41) is 11.8. The highest BCUT2D eigenvalue weighted by atomic mass is 32.5. The van der Waals surface area contributed by atoms with Gasteiger partial charge in [0.1, 0.15) is 11.8 Å². The molecule has 1 amide bonds. The number of carbonyl (C=O) groups excluding carboxylic acids is 2. The summed E-state index contributed by atoms with van der Waals surface area (Å²) in [6, 6.07) is 27.5. The molecular weight excluding hydrogens is 638 g/mol. The average Bonchev–Trinajstić information content (AvgIpc) is 3.43. The fourth-order valence-electron chi connectivity index (χ4n) is 4.51. The minimum Gasteiger partial charge on any atom is -0.462 e. The van der Waals surface area contributed by atoms with E-state index in [1.54, 1.807) is 44.5 Å². The Kier molecular flexibility index (Phi) is 10.7. The number of amides is 1. The Hall–Kier alpha value is -4.28. The lowest BCUT2D eigenvalue weighted by atomic mass is 10.2. The van der Waals surface area contributed by atoms with Crippen LogP contribution in [0.1, 0.15) is 42.5 Å². The van der Waals surface area contributed by atoms with Crippen molar-refractivity contribution in [2.75, 3.05) is 7.05 Å². The molecule has 0 saturated heterocycles. The summed E-state index contributed by atoms with van der Waals surface area (Å²) in [6.45, 7) is 1.96. The van der Waals surface area contributed by atoms with Gasteiger partial charge in [-0.25, -0.2) is 5.09 Å². The van der Waals surface area contributed by atoms with Crippen molar-refractivity contribution in [2.45, 2.75) is 42.7 Å². The molecule has 2 heterocycles. The van der Waals surface area contributed by atoms with Gasteiger partial charge in [0.25, 0.3) is 12.5 Å². The van der Waals surface area contributed by atoms with Gasteiger partial charge in [-0.1, -0.05) is 48.2 Å². The molecule has 0 aliphatic heterocycles. The summed E-state index contributed by atoms with van der Waals surface area (Å²) in [5.41, 5.74) is 2.68. The Bertz CT molecular complexity index is 1920. The molecule has 236 valence electrons. The maximum Gasteiger partial charge on any atom is 0.323 e. The van der Waals surface area contributed by atoms with E-state index >= 15 is 0 Å². The summed E-state index contributed by atoms with van der Waals surface area (Å²) >= 11 is 7.75. The number of ether oxygens (including phenoxy) is 1. The summed E-state index contributed by atoms with van der Waals surface area (Å²) in [5.74, 6) is -0.0916. The van der Waals surface area contributed by atoms with Crippen LogP contribution in [-0.4, -0.2) is 45.6 Å². The standard InChI is InChI=1S/C34H34N5O4PS2/c1-23(2)42-34(41)24(3)38-44(45,43-26-13-6-5-7-14-26)39-31-22-27(46-32-16-9-8-15-29(32)33(40)35-4)18-19-28(31)30(37-39)20-17-25-12-10-11-21-36-25/h5-24H,1-4H3,(H,35,40)(H,38,45)/b20-17+/t24-,44?/m0/s1. The number of benzene rings is 3. The molecule has 3 aromatic carbocycles. The van der Waals surface area contributed by atoms with Crippen molar-refractivity contribution in [3.8, 4) is 5.75 Å². The molecule has 2 atom stereocenters. The molecule has 0 saturated carbocycles. The van der Waals surface area contributed by atoms with Gasteiger partial charge < -0.3 is 14.6 Å². The quantitative estimate of drug-likeness (QED) is 0.105. The number of pyridine rings is 1. The first kappa shape index (κ1) is 33.1. The van der Waals surface area contributed by atoms with Crippen LogP contribution in [0.4, 0.5) is 0 Å². The number of hydrogen-bond donors (Lipinski definition) is 2. The van der Waals surface area contributed by atoms with E-state index in [4.69, 9.17) is 26.2 Å². The molecule has 5 rings (SSSR count). The summed E-state index contributed by atoms with van der Waals surface area (Å²) < 4.78 is 13.7. The highest BCUT2D eigenvalue weighted by Gasteiger charge is 2.32. The molecule has 0 fully saturated rings. The Morgan fingerprint density at radius 2 is 1.70 bits per heavy atom. The van der Waals surface area contributed by atoms with E-state index in [9.17, 15) is 9.59 Å². The number of fused-ring (bicyclic) bond motifs is 1. The van der Waals surface area contributed by atoms with Gasteiger partial charge in [0, 0.05) is 28.4 Å². The third-order valence-corrected chi connectivity index (χ3v) is 10.7. The molecule has 0 spiro atoms. The maximum atomic E-state index is 13.0. The Balaban J connectivity index is 1.65. The summed E-state index contributed by atoms with van der Waals surface area (Å²) in [7, 11) is 1.61. The topological polar surface area (TPSA) is 107 Å². The molecule has 12 heteroatoms. The maximum absolute atomic E-state index is 13.0. The van der Waals surface area contributed by atoms with E-state index in [2.05, 4.69) is 15.4 Å². The van der Waals surface area contributed by atoms with E-state index < -0.39 is 18.6 Å². The lowest BCUT2D eigenvalue weighted by Crippen LogP contribution is -2.37. The van der Waals surface area contributed by atoms with Crippen LogP contribution in [0.25, 0.3) is 23.1 Å². The number of hydrogen-bond acceptors (Lipinski definition) is 8. The smallest absolute Gasteiger partial charge is 0.323 e. The van der Waals surface area contributed by atoms with Gasteiger partial charge in [0.05, 0.1) is 28.6 Å². The number of nitrogens with zero attached hydrogens (tertiary/aromatic N) is 3. The van der Waals surface area contributed by atoms with Crippen LogP contribution < -0.4 is 14.9 Å². The molecule has 0 bridgehead atoms. The van der Waals surface area contributed by atoms with Gasteiger partial charge in [-0.3, -0.25) is 14.6 Å². The molecule has 0 aliphatic rings. The number of carbonyl (C=O) groups is 2. The van der Waals surface area contributed by atoms with Crippen molar-refractivity contribution in [2.24, 2.45) is 0 Å². The van der Waals surface area contributed by atoms with Crippen molar-refractivity contribution in [1.29, 1.82) is 0 Å². The number of esters is 1. The number of para-hydroxylation sites is 1. The van der Waals surface area contributed by atoms with Crippen LogP contribution in [0.5, 0.6) is 5.75 Å². The average molecular weight is 672 g/mol. The molecule has 2 N–H and O–H groups in total. The highest BCUT2D eigenvalue weighted by Crippen LogP contribution is 2.48. The Labute approximate surface area is 277 Å². The first-order chi connectivity index (χ1) is 22.2. The number of aromatic nitrogens is 3. The zero-order valence-electron chi connectivity index (χ0n) is 25.8. The minimum atomic E-state index is -3.33. The fourth-order valence-corrected chi connectivity index (χ4v) is 8.50. The normalized spacial score (nSPS) is 13.4.